The third kappa shape index (κ3) is 4.07. The zero-order valence-electron chi connectivity index (χ0n) is 21.0. The van der Waals surface area contributed by atoms with E-state index in [-0.39, 0.29) is 0 Å². The SMILES string of the molecule is Cc1cc(C)c([P+]([B-]c2c(F)c(F)c(F)c(F)c2F)(C2=C=CC=C2)c2c(C)cc(C)cc2C)c(C)c1. The Morgan fingerprint density at radius 2 is 1.00 bits per heavy atom. The smallest absolute Gasteiger partial charge is 0.200 e. The fourth-order valence-corrected chi connectivity index (χ4v) is 10.3. The predicted molar refractivity (Wildman–Crippen MR) is 140 cm³/mol. The highest BCUT2D eigenvalue weighted by Gasteiger charge is 2.42. The van der Waals surface area contributed by atoms with Crippen molar-refractivity contribution >= 4 is 30.2 Å². The van der Waals surface area contributed by atoms with Crippen molar-refractivity contribution in [1.29, 1.82) is 0 Å². The van der Waals surface area contributed by atoms with Crippen molar-refractivity contribution in [2.75, 3.05) is 0 Å². The Bertz CT molecular complexity index is 1380. The van der Waals surface area contributed by atoms with E-state index < -0.39 is 41.7 Å². The molecule has 0 aliphatic heterocycles. The maximum absolute atomic E-state index is 15.2. The van der Waals surface area contributed by atoms with Crippen LogP contribution in [0.25, 0.3) is 0 Å². The number of halogens is 5. The minimum atomic E-state index is -3.14. The van der Waals surface area contributed by atoms with E-state index in [1.807, 2.05) is 71.9 Å². The summed E-state index contributed by atoms with van der Waals surface area (Å²) in [6.07, 6.45) is 5.29. The highest BCUT2D eigenvalue weighted by molar-refractivity contribution is 8.15. The Hall–Kier alpha value is -2.94. The van der Waals surface area contributed by atoms with Gasteiger partial charge in [-0.3, -0.25) is 0 Å². The lowest BCUT2D eigenvalue weighted by Crippen LogP contribution is -2.40. The van der Waals surface area contributed by atoms with E-state index in [1.54, 1.807) is 12.2 Å². The quantitative estimate of drug-likeness (QED) is 0.0890. The molecule has 0 spiro atoms. The van der Waals surface area contributed by atoms with Crippen LogP contribution in [0.5, 0.6) is 0 Å². The molecule has 3 aromatic carbocycles. The van der Waals surface area contributed by atoms with E-state index in [0.717, 1.165) is 44.0 Å². The molecule has 0 bridgehead atoms. The molecule has 0 atom stereocenters. The van der Waals surface area contributed by atoms with Crippen molar-refractivity contribution in [3.8, 4) is 0 Å². The number of hydrogen-bond donors (Lipinski definition) is 0. The average Bonchev–Trinajstić information content (AvgIpc) is 3.33. The first-order valence-electron chi connectivity index (χ1n) is 11.5. The van der Waals surface area contributed by atoms with Gasteiger partial charge in [0.05, 0.1) is 15.9 Å². The molecule has 4 rings (SSSR count). The molecule has 0 aromatic heterocycles. The fraction of sp³-hybridized carbons (Fsp3) is 0.207. The summed E-state index contributed by atoms with van der Waals surface area (Å²) in [5, 5.41) is 2.28. The molecule has 0 saturated heterocycles. The minimum Gasteiger partial charge on any atom is -0.207 e. The summed E-state index contributed by atoms with van der Waals surface area (Å²) in [5.74, 6) is -9.77. The van der Waals surface area contributed by atoms with Gasteiger partial charge < -0.3 is 0 Å². The van der Waals surface area contributed by atoms with Gasteiger partial charge in [0, 0.05) is 0 Å². The van der Waals surface area contributed by atoms with E-state index >= 15 is 8.78 Å². The summed E-state index contributed by atoms with van der Waals surface area (Å²) in [7, 11) is -3.14. The van der Waals surface area contributed by atoms with E-state index in [0.29, 0.717) is 5.31 Å². The number of aryl methyl sites for hydroxylation is 6. The van der Waals surface area contributed by atoms with Crippen molar-refractivity contribution in [2.24, 2.45) is 0 Å². The molecule has 3 aromatic rings. The van der Waals surface area contributed by atoms with E-state index in [1.165, 1.54) is 7.00 Å². The van der Waals surface area contributed by atoms with Crippen LogP contribution in [0.1, 0.15) is 33.4 Å². The van der Waals surface area contributed by atoms with Crippen molar-refractivity contribution in [3.63, 3.8) is 0 Å². The van der Waals surface area contributed by atoms with Crippen LogP contribution in [0.2, 0.25) is 0 Å². The first-order chi connectivity index (χ1) is 16.9. The third-order valence-electron chi connectivity index (χ3n) is 6.50. The van der Waals surface area contributed by atoms with Gasteiger partial charge in [0.25, 0.3) is 0 Å². The molecule has 36 heavy (non-hydrogen) atoms. The van der Waals surface area contributed by atoms with Gasteiger partial charge in [-0.25, -0.2) is 22.0 Å². The predicted octanol–water partition coefficient (Wildman–Crippen LogP) is 6.75. The molecule has 0 fully saturated rings. The molecule has 0 unspecified atom stereocenters. The van der Waals surface area contributed by atoms with Crippen LogP contribution in [-0.2, 0) is 0 Å². The molecule has 184 valence electrons. The van der Waals surface area contributed by atoms with Gasteiger partial charge in [-0.2, -0.15) is 5.46 Å². The molecule has 0 heterocycles. The van der Waals surface area contributed by atoms with Gasteiger partial charge >= 0.3 is 0 Å². The van der Waals surface area contributed by atoms with Crippen LogP contribution in [0, 0.1) is 70.6 Å². The Balaban J connectivity index is 2.23. The first-order valence-corrected chi connectivity index (χ1v) is 13.3. The zero-order chi connectivity index (χ0) is 26.5. The maximum Gasteiger partial charge on any atom is 0.200 e. The molecular weight excluding hydrogens is 485 g/mol. The summed E-state index contributed by atoms with van der Waals surface area (Å²) in [6.45, 7) is 12.9. The van der Waals surface area contributed by atoms with Crippen molar-refractivity contribution in [1.82, 2.24) is 0 Å². The van der Waals surface area contributed by atoms with Gasteiger partial charge in [-0.1, -0.05) is 48.3 Å². The van der Waals surface area contributed by atoms with Gasteiger partial charge in [0.2, 0.25) is 0 Å². The summed E-state index contributed by atoms with van der Waals surface area (Å²) in [4.78, 5) is 0. The van der Waals surface area contributed by atoms with Crippen molar-refractivity contribution in [2.45, 2.75) is 41.5 Å². The van der Waals surface area contributed by atoms with Crippen molar-refractivity contribution < 1.29 is 22.0 Å². The monoisotopic (exact) mass is 510 g/mol. The van der Waals surface area contributed by atoms with Gasteiger partial charge in [-0.05, 0) is 89.0 Å². The normalized spacial score (nSPS) is 13.0. The van der Waals surface area contributed by atoms with Gasteiger partial charge in [0.15, 0.2) is 17.5 Å². The lowest BCUT2D eigenvalue weighted by Gasteiger charge is -2.42. The largest absolute Gasteiger partial charge is 0.207 e. The maximum atomic E-state index is 15.2. The molecule has 0 N–H and O–H groups in total. The third-order valence-corrected chi connectivity index (χ3v) is 11.0. The second kappa shape index (κ2) is 9.50. The molecule has 7 heteroatoms. The van der Waals surface area contributed by atoms with E-state index in [9.17, 15) is 13.2 Å². The standard InChI is InChI=1S/C29H25BF5P/c1-15-11-17(3)28(18(4)12-15)36(21-9-7-8-10-21,29-19(5)13-16(2)14-20(29)6)30-22-23(31)25(33)27(35)26(34)24(22)32/h7-9,11-14H,1-6H3. The molecule has 0 amide bonds. The van der Waals surface area contributed by atoms with Gasteiger partial charge in [0.1, 0.15) is 11.6 Å². The number of benzene rings is 3. The summed E-state index contributed by atoms with van der Waals surface area (Å²) in [5.41, 5.74) is 7.80. The van der Waals surface area contributed by atoms with Crippen LogP contribution in [0.3, 0.4) is 0 Å². The molecule has 0 saturated carbocycles. The molecular formula is C29H25BF5P. The van der Waals surface area contributed by atoms with Gasteiger partial charge in [-0.15, -0.1) is 0 Å². The topological polar surface area (TPSA) is 0 Å². The highest BCUT2D eigenvalue weighted by Crippen LogP contribution is 2.65. The minimum absolute atomic E-state index is 0.650. The molecule has 1 aliphatic rings. The first kappa shape index (κ1) is 26.1. The zero-order valence-corrected chi connectivity index (χ0v) is 21.9. The molecule has 2 radical (unpaired) electrons. The van der Waals surface area contributed by atoms with Crippen LogP contribution >= 0.6 is 7.14 Å². The summed E-state index contributed by atoms with van der Waals surface area (Å²) < 4.78 is 73.1. The lowest BCUT2D eigenvalue weighted by atomic mass is 9.92. The van der Waals surface area contributed by atoms with Crippen LogP contribution < -0.4 is 16.1 Å². The Kier molecular flexibility index (Phi) is 6.90. The van der Waals surface area contributed by atoms with Crippen LogP contribution in [0.4, 0.5) is 22.0 Å². The Morgan fingerprint density at radius 1 is 0.611 bits per heavy atom. The lowest BCUT2D eigenvalue weighted by molar-refractivity contribution is 0.384. The highest BCUT2D eigenvalue weighted by atomic mass is 31.2. The van der Waals surface area contributed by atoms with Crippen LogP contribution in [0.15, 0.2) is 53.5 Å². The molecule has 1 aliphatic carbocycles. The number of allylic oxidation sites excluding steroid dienone is 3. The fourth-order valence-electron chi connectivity index (χ4n) is 5.48. The van der Waals surface area contributed by atoms with E-state index in [4.69, 9.17) is 0 Å². The summed E-state index contributed by atoms with van der Waals surface area (Å²) in [6, 6.07) is 7.91. The molecule has 0 nitrogen and oxygen atoms in total. The summed E-state index contributed by atoms with van der Waals surface area (Å²) >= 11 is 0. The average molecular weight is 510 g/mol. The van der Waals surface area contributed by atoms with E-state index in [2.05, 4.69) is 5.73 Å². The Morgan fingerprint density at radius 3 is 1.36 bits per heavy atom. The van der Waals surface area contributed by atoms with Crippen molar-refractivity contribution in [3.05, 3.63) is 116 Å². The number of rotatable bonds is 5. The van der Waals surface area contributed by atoms with Crippen LogP contribution in [-0.4, -0.2) is 7.00 Å². The number of hydrogen-bond acceptors (Lipinski definition) is 0. The second-order valence-corrected chi connectivity index (χ2v) is 12.5. The Labute approximate surface area is 209 Å². The second-order valence-electron chi connectivity index (χ2n) is 9.39.